The maximum atomic E-state index is 13.1. The number of halogens is 2. The Hall–Kier alpha value is -2.84. The molecule has 0 radical (unpaired) electrons. The van der Waals surface area contributed by atoms with Gasteiger partial charge < -0.3 is 25.4 Å². The van der Waals surface area contributed by atoms with Gasteiger partial charge in [-0.25, -0.2) is 9.18 Å². The third-order valence-corrected chi connectivity index (χ3v) is 5.28. The zero-order valence-electron chi connectivity index (χ0n) is 17.1. The van der Waals surface area contributed by atoms with Crippen LogP contribution in [0.5, 0.6) is 5.75 Å². The number of morpholine rings is 1. The summed E-state index contributed by atoms with van der Waals surface area (Å²) in [6.45, 7) is 2.58. The van der Waals surface area contributed by atoms with Crippen molar-refractivity contribution in [1.82, 2.24) is 4.90 Å². The van der Waals surface area contributed by atoms with Crippen molar-refractivity contribution < 1.29 is 23.5 Å². The second-order valence-electron chi connectivity index (χ2n) is 7.43. The van der Waals surface area contributed by atoms with E-state index in [-0.39, 0.29) is 30.5 Å². The third-order valence-electron chi connectivity index (χ3n) is 5.04. The monoisotopic (exact) mass is 449 g/mol. The molecule has 2 aromatic carbocycles. The second kappa shape index (κ2) is 10.5. The number of ether oxygens (including phenoxy) is 2. The van der Waals surface area contributed by atoms with E-state index in [1.54, 1.807) is 29.2 Å². The van der Waals surface area contributed by atoms with Crippen molar-refractivity contribution in [3.05, 3.63) is 58.9 Å². The Morgan fingerprint density at radius 2 is 2.03 bits per heavy atom. The number of nitrogens with two attached hydrogens (primary N) is 1. The molecule has 0 spiro atoms. The summed E-state index contributed by atoms with van der Waals surface area (Å²) in [6.07, 6.45) is 1.32. The van der Waals surface area contributed by atoms with Crippen LogP contribution in [0.3, 0.4) is 0 Å². The number of urea groups is 1. The van der Waals surface area contributed by atoms with Gasteiger partial charge in [-0.3, -0.25) is 4.79 Å². The van der Waals surface area contributed by atoms with E-state index in [1.165, 1.54) is 18.2 Å². The van der Waals surface area contributed by atoms with Crippen molar-refractivity contribution in [3.8, 4) is 5.75 Å². The van der Waals surface area contributed by atoms with E-state index in [4.69, 9.17) is 26.8 Å². The van der Waals surface area contributed by atoms with Crippen LogP contribution in [-0.2, 0) is 16.0 Å². The average Bonchev–Trinajstić information content (AvgIpc) is 2.73. The SMILES string of the molecule is CC1CO[C@@H](CCc2ccc(F)cc2)CN1C(=O)COc1ccc(Cl)cc1NC(N)=O. The zero-order chi connectivity index (χ0) is 22.4. The molecule has 0 aromatic heterocycles. The summed E-state index contributed by atoms with van der Waals surface area (Å²) < 4.78 is 24.6. The first kappa shape index (κ1) is 22.8. The predicted molar refractivity (Wildman–Crippen MR) is 116 cm³/mol. The first-order chi connectivity index (χ1) is 14.8. The van der Waals surface area contributed by atoms with Crippen LogP contribution in [0.25, 0.3) is 0 Å². The van der Waals surface area contributed by atoms with E-state index < -0.39 is 6.03 Å². The number of rotatable bonds is 7. The highest BCUT2D eigenvalue weighted by atomic mass is 35.5. The number of hydrogen-bond donors (Lipinski definition) is 2. The number of hydrogen-bond acceptors (Lipinski definition) is 4. The van der Waals surface area contributed by atoms with Crippen molar-refractivity contribution in [2.45, 2.75) is 31.9 Å². The predicted octanol–water partition coefficient (Wildman–Crippen LogP) is 3.60. The minimum atomic E-state index is -0.760. The molecule has 2 atom stereocenters. The fourth-order valence-electron chi connectivity index (χ4n) is 3.40. The molecule has 9 heteroatoms. The summed E-state index contributed by atoms with van der Waals surface area (Å²) in [4.78, 5) is 25.7. The quantitative estimate of drug-likeness (QED) is 0.675. The Morgan fingerprint density at radius 3 is 2.74 bits per heavy atom. The smallest absolute Gasteiger partial charge is 0.316 e. The molecule has 0 aliphatic carbocycles. The minimum absolute atomic E-state index is 0.0911. The molecule has 1 heterocycles. The molecule has 3 rings (SSSR count). The summed E-state index contributed by atoms with van der Waals surface area (Å²) in [5.41, 5.74) is 6.48. The van der Waals surface area contributed by atoms with Crippen molar-refractivity contribution in [2.75, 3.05) is 25.1 Å². The minimum Gasteiger partial charge on any atom is -0.482 e. The van der Waals surface area contributed by atoms with Gasteiger partial charge in [-0.2, -0.15) is 0 Å². The Balaban J connectivity index is 1.56. The van der Waals surface area contributed by atoms with Crippen LogP contribution in [0.15, 0.2) is 42.5 Å². The zero-order valence-corrected chi connectivity index (χ0v) is 17.9. The lowest BCUT2D eigenvalue weighted by atomic mass is 10.0. The summed E-state index contributed by atoms with van der Waals surface area (Å²) in [7, 11) is 0. The maximum absolute atomic E-state index is 13.1. The number of carbonyl (C=O) groups excluding carboxylic acids is 2. The van der Waals surface area contributed by atoms with Crippen molar-refractivity contribution in [3.63, 3.8) is 0 Å². The molecule has 31 heavy (non-hydrogen) atoms. The van der Waals surface area contributed by atoms with Crippen LogP contribution in [0.1, 0.15) is 18.9 Å². The largest absolute Gasteiger partial charge is 0.482 e. The molecule has 3 N–H and O–H groups in total. The molecule has 1 fully saturated rings. The van der Waals surface area contributed by atoms with Gasteiger partial charge in [0.05, 0.1) is 24.4 Å². The van der Waals surface area contributed by atoms with Crippen LogP contribution in [0, 0.1) is 5.82 Å². The lowest BCUT2D eigenvalue weighted by Crippen LogP contribution is -2.52. The standard InChI is InChI=1S/C22H25ClFN3O4/c1-14-12-30-18(8-4-15-2-6-17(24)7-3-15)11-27(14)21(28)13-31-20-9-5-16(23)10-19(20)26-22(25)29/h2-3,5-7,9-10,14,18H,4,8,11-13H2,1H3,(H3,25,26,29)/t14?,18-/m0/s1. The number of aryl methyl sites for hydroxylation is 1. The molecule has 0 bridgehead atoms. The Labute approximate surface area is 185 Å². The average molecular weight is 450 g/mol. The van der Waals surface area contributed by atoms with Crippen LogP contribution in [0.2, 0.25) is 5.02 Å². The Bertz CT molecular complexity index is 925. The number of amides is 3. The molecule has 3 amide bonds. The van der Waals surface area contributed by atoms with Gasteiger partial charge in [0, 0.05) is 11.6 Å². The number of nitrogens with one attached hydrogen (secondary N) is 1. The van der Waals surface area contributed by atoms with E-state index in [1.807, 2.05) is 6.92 Å². The van der Waals surface area contributed by atoms with E-state index >= 15 is 0 Å². The van der Waals surface area contributed by atoms with Crippen LogP contribution in [-0.4, -0.2) is 48.7 Å². The molecule has 1 unspecified atom stereocenters. The Morgan fingerprint density at radius 1 is 1.29 bits per heavy atom. The lowest BCUT2D eigenvalue weighted by Gasteiger charge is -2.38. The molecule has 1 saturated heterocycles. The molecular weight excluding hydrogens is 425 g/mol. The van der Waals surface area contributed by atoms with Gasteiger partial charge in [0.2, 0.25) is 0 Å². The molecule has 7 nitrogen and oxygen atoms in total. The van der Waals surface area contributed by atoms with Gasteiger partial charge >= 0.3 is 6.03 Å². The second-order valence-corrected chi connectivity index (χ2v) is 7.87. The topological polar surface area (TPSA) is 93.9 Å². The molecule has 166 valence electrons. The molecule has 1 aliphatic rings. The first-order valence-corrected chi connectivity index (χ1v) is 10.3. The lowest BCUT2D eigenvalue weighted by molar-refractivity contribution is -0.146. The van der Waals surface area contributed by atoms with Crippen LogP contribution >= 0.6 is 11.6 Å². The van der Waals surface area contributed by atoms with Crippen LogP contribution in [0.4, 0.5) is 14.9 Å². The summed E-state index contributed by atoms with van der Waals surface area (Å²) in [6, 6.07) is 10.2. The summed E-state index contributed by atoms with van der Waals surface area (Å²) in [5.74, 6) is -0.161. The van der Waals surface area contributed by atoms with Crippen LogP contribution < -0.4 is 15.8 Å². The molecular formula is C22H25ClFN3O4. The highest BCUT2D eigenvalue weighted by Crippen LogP contribution is 2.28. The number of primary amides is 1. The van der Waals surface area contributed by atoms with E-state index in [0.717, 1.165) is 12.0 Å². The highest BCUT2D eigenvalue weighted by Gasteiger charge is 2.29. The van der Waals surface area contributed by atoms with E-state index in [2.05, 4.69) is 5.32 Å². The molecule has 2 aromatic rings. The number of nitrogens with zero attached hydrogens (tertiary/aromatic N) is 1. The molecule has 1 aliphatic heterocycles. The highest BCUT2D eigenvalue weighted by molar-refractivity contribution is 6.31. The summed E-state index contributed by atoms with van der Waals surface area (Å²) in [5, 5.41) is 2.83. The van der Waals surface area contributed by atoms with Gasteiger partial charge in [-0.05, 0) is 55.7 Å². The van der Waals surface area contributed by atoms with Gasteiger partial charge in [0.25, 0.3) is 5.91 Å². The van der Waals surface area contributed by atoms with Crippen molar-refractivity contribution in [1.29, 1.82) is 0 Å². The normalized spacial score (nSPS) is 18.5. The number of benzene rings is 2. The van der Waals surface area contributed by atoms with E-state index in [0.29, 0.717) is 36.0 Å². The third kappa shape index (κ3) is 6.57. The first-order valence-electron chi connectivity index (χ1n) is 9.96. The molecule has 0 saturated carbocycles. The van der Waals surface area contributed by atoms with Gasteiger partial charge in [0.15, 0.2) is 6.61 Å². The maximum Gasteiger partial charge on any atom is 0.316 e. The van der Waals surface area contributed by atoms with Crippen molar-refractivity contribution >= 4 is 29.2 Å². The van der Waals surface area contributed by atoms with Gasteiger partial charge in [-0.1, -0.05) is 23.7 Å². The van der Waals surface area contributed by atoms with Crippen molar-refractivity contribution in [2.24, 2.45) is 5.73 Å². The van der Waals surface area contributed by atoms with Gasteiger partial charge in [0.1, 0.15) is 11.6 Å². The Kier molecular flexibility index (Phi) is 7.70. The summed E-state index contributed by atoms with van der Waals surface area (Å²) >= 11 is 5.95. The number of carbonyl (C=O) groups is 2. The fraction of sp³-hybridized carbons (Fsp3) is 0.364. The fourth-order valence-corrected chi connectivity index (χ4v) is 3.57. The van der Waals surface area contributed by atoms with E-state index in [9.17, 15) is 14.0 Å². The van der Waals surface area contributed by atoms with Gasteiger partial charge in [-0.15, -0.1) is 0 Å². The number of anilines is 1.